The molecule has 0 aromatic rings. The SMILES string of the molecule is CC/C=C/C/C=C/C/C=C/CCCCCCCCC(=O)OC(CCCCCCCCCCCCCCC)CC(=O)NC(CO)C(O)CCCCCCCCCCCCCCCCCCC. The normalized spacial score (nSPS) is 13.4. The molecule has 0 spiro atoms. The first-order valence-corrected chi connectivity index (χ1v) is 28.7. The maximum Gasteiger partial charge on any atom is 0.306 e. The molecule has 6 heteroatoms. The van der Waals surface area contributed by atoms with Crippen LogP contribution >= 0.6 is 0 Å². The van der Waals surface area contributed by atoms with E-state index in [2.05, 4.69) is 62.5 Å². The smallest absolute Gasteiger partial charge is 0.306 e. The van der Waals surface area contributed by atoms with Crippen LogP contribution in [0.25, 0.3) is 0 Å². The maximum absolute atomic E-state index is 13.3. The zero-order valence-electron chi connectivity index (χ0n) is 43.6. The van der Waals surface area contributed by atoms with Crippen LogP contribution in [-0.4, -0.2) is 46.9 Å². The van der Waals surface area contributed by atoms with Crippen LogP contribution in [-0.2, 0) is 14.3 Å². The van der Waals surface area contributed by atoms with Crippen molar-refractivity contribution in [2.75, 3.05) is 6.61 Å². The van der Waals surface area contributed by atoms with Crippen LogP contribution in [0.5, 0.6) is 0 Å². The number of rotatable bonds is 52. The lowest BCUT2D eigenvalue weighted by Gasteiger charge is -2.24. The Bertz CT molecular complexity index is 1070. The van der Waals surface area contributed by atoms with Gasteiger partial charge in [-0.05, 0) is 57.8 Å². The fourth-order valence-electron chi connectivity index (χ4n) is 8.92. The van der Waals surface area contributed by atoms with Crippen LogP contribution in [0, 0.1) is 0 Å². The van der Waals surface area contributed by atoms with Crippen LogP contribution in [0.2, 0.25) is 0 Å². The van der Waals surface area contributed by atoms with Gasteiger partial charge >= 0.3 is 5.97 Å². The van der Waals surface area contributed by atoms with Crippen molar-refractivity contribution in [1.82, 2.24) is 5.32 Å². The summed E-state index contributed by atoms with van der Waals surface area (Å²) in [6.45, 7) is 6.41. The van der Waals surface area contributed by atoms with Gasteiger partial charge in [0.2, 0.25) is 5.91 Å². The zero-order valence-corrected chi connectivity index (χ0v) is 43.6. The van der Waals surface area contributed by atoms with Crippen LogP contribution in [0.15, 0.2) is 36.5 Å². The van der Waals surface area contributed by atoms with Gasteiger partial charge < -0.3 is 20.3 Å². The molecule has 0 fully saturated rings. The van der Waals surface area contributed by atoms with E-state index >= 15 is 0 Å². The van der Waals surface area contributed by atoms with Crippen LogP contribution in [0.1, 0.15) is 303 Å². The molecule has 65 heavy (non-hydrogen) atoms. The Hall–Kier alpha value is -1.92. The number of amides is 1. The lowest BCUT2D eigenvalue weighted by molar-refractivity contribution is -0.151. The number of nitrogens with one attached hydrogen (secondary N) is 1. The summed E-state index contributed by atoms with van der Waals surface area (Å²) >= 11 is 0. The zero-order chi connectivity index (χ0) is 47.4. The highest BCUT2D eigenvalue weighted by Gasteiger charge is 2.24. The molecule has 0 aliphatic carbocycles. The van der Waals surface area contributed by atoms with Crippen molar-refractivity contribution in [1.29, 1.82) is 0 Å². The van der Waals surface area contributed by atoms with E-state index in [9.17, 15) is 19.8 Å². The minimum Gasteiger partial charge on any atom is -0.462 e. The summed E-state index contributed by atoms with van der Waals surface area (Å²) in [4.78, 5) is 26.2. The van der Waals surface area contributed by atoms with Gasteiger partial charge in [0.1, 0.15) is 6.10 Å². The van der Waals surface area contributed by atoms with Crippen molar-refractivity contribution in [3.63, 3.8) is 0 Å². The molecule has 0 aromatic carbocycles. The molecule has 0 radical (unpaired) electrons. The van der Waals surface area contributed by atoms with E-state index in [1.807, 2.05) is 0 Å². The van der Waals surface area contributed by atoms with Crippen molar-refractivity contribution in [2.45, 2.75) is 322 Å². The maximum atomic E-state index is 13.3. The van der Waals surface area contributed by atoms with Crippen molar-refractivity contribution < 1.29 is 24.5 Å². The van der Waals surface area contributed by atoms with Crippen molar-refractivity contribution in [3.05, 3.63) is 36.5 Å². The van der Waals surface area contributed by atoms with Gasteiger partial charge in [0.25, 0.3) is 0 Å². The molecule has 3 N–H and O–H groups in total. The number of aliphatic hydroxyl groups is 2. The molecule has 0 bridgehead atoms. The highest BCUT2D eigenvalue weighted by atomic mass is 16.5. The minimum absolute atomic E-state index is 0.0768. The Kier molecular flexibility index (Phi) is 51.5. The average molecular weight is 915 g/mol. The van der Waals surface area contributed by atoms with Gasteiger partial charge in [-0.1, -0.05) is 269 Å². The summed E-state index contributed by atoms with van der Waals surface area (Å²) in [5.41, 5.74) is 0. The second kappa shape index (κ2) is 53.0. The average Bonchev–Trinajstić information content (AvgIpc) is 3.30. The fraction of sp³-hybridized carbons (Fsp3) is 0.864. The van der Waals surface area contributed by atoms with Gasteiger partial charge in [-0.3, -0.25) is 9.59 Å². The van der Waals surface area contributed by atoms with Crippen LogP contribution < -0.4 is 5.32 Å². The van der Waals surface area contributed by atoms with Gasteiger partial charge in [-0.2, -0.15) is 0 Å². The quantitative estimate of drug-likeness (QED) is 0.0321. The molecule has 382 valence electrons. The predicted molar refractivity (Wildman–Crippen MR) is 282 cm³/mol. The van der Waals surface area contributed by atoms with Gasteiger partial charge in [-0.25, -0.2) is 0 Å². The largest absolute Gasteiger partial charge is 0.462 e. The minimum atomic E-state index is -0.788. The lowest BCUT2D eigenvalue weighted by Crippen LogP contribution is -2.46. The van der Waals surface area contributed by atoms with Crippen LogP contribution in [0.3, 0.4) is 0 Å². The number of ether oxygens (including phenoxy) is 1. The van der Waals surface area contributed by atoms with E-state index in [1.54, 1.807) is 0 Å². The molecule has 1 amide bonds. The fourth-order valence-corrected chi connectivity index (χ4v) is 8.92. The summed E-state index contributed by atoms with van der Waals surface area (Å²) in [5.74, 6) is -0.472. The summed E-state index contributed by atoms with van der Waals surface area (Å²) in [5, 5.41) is 23.9. The number of hydrogen-bond donors (Lipinski definition) is 3. The standard InChI is InChI=1S/C59H111NO5/c1-4-7-10-13-16-19-22-25-27-29-30-33-36-39-42-45-48-51-57(62)56(54-61)60-58(63)53-55(50-47-44-41-38-35-32-24-21-18-15-12-9-6-3)65-59(64)52-49-46-43-40-37-34-31-28-26-23-20-17-14-11-8-5-2/h8,11,17,20,26,28,55-57,61-62H,4-7,9-10,12-16,18-19,21-25,27,29-54H2,1-3H3,(H,60,63)/b11-8+,20-17+,28-26+. The Balaban J connectivity index is 4.50. The number of hydrogen-bond acceptors (Lipinski definition) is 5. The Labute approximate surface area is 404 Å². The van der Waals surface area contributed by atoms with E-state index in [-0.39, 0.29) is 24.9 Å². The predicted octanol–water partition coefficient (Wildman–Crippen LogP) is 17.6. The Morgan fingerprint density at radius 2 is 0.831 bits per heavy atom. The Morgan fingerprint density at radius 3 is 1.26 bits per heavy atom. The number of aliphatic hydroxyl groups excluding tert-OH is 2. The van der Waals surface area contributed by atoms with Crippen LogP contribution in [0.4, 0.5) is 0 Å². The van der Waals surface area contributed by atoms with Gasteiger partial charge in [-0.15, -0.1) is 0 Å². The van der Waals surface area contributed by atoms with Gasteiger partial charge in [0.15, 0.2) is 0 Å². The lowest BCUT2D eigenvalue weighted by atomic mass is 10.0. The number of esters is 1. The topological polar surface area (TPSA) is 95.9 Å². The summed E-state index contributed by atoms with van der Waals surface area (Å²) in [6, 6.07) is -0.701. The van der Waals surface area contributed by atoms with Gasteiger partial charge in [0, 0.05) is 6.42 Å². The Morgan fingerprint density at radius 1 is 0.462 bits per heavy atom. The summed E-state index contributed by atoms with van der Waals surface area (Å²) in [6.07, 6.45) is 63.5. The molecule has 3 atom stereocenters. The first kappa shape index (κ1) is 63.1. The van der Waals surface area contributed by atoms with Crippen molar-refractivity contribution in [3.8, 4) is 0 Å². The van der Waals surface area contributed by atoms with Crippen molar-refractivity contribution in [2.24, 2.45) is 0 Å². The summed E-state index contributed by atoms with van der Waals surface area (Å²) in [7, 11) is 0. The van der Waals surface area contributed by atoms with E-state index < -0.39 is 18.2 Å². The third kappa shape index (κ3) is 48.3. The second-order valence-electron chi connectivity index (χ2n) is 19.7. The molecule has 0 saturated carbocycles. The van der Waals surface area contributed by atoms with E-state index in [0.29, 0.717) is 19.3 Å². The van der Waals surface area contributed by atoms with Crippen molar-refractivity contribution >= 4 is 11.9 Å². The molecular formula is C59H111NO5. The van der Waals surface area contributed by atoms with E-state index in [0.717, 1.165) is 70.6 Å². The molecule has 6 nitrogen and oxygen atoms in total. The molecule has 0 aromatic heterocycles. The second-order valence-corrected chi connectivity index (χ2v) is 19.7. The highest BCUT2D eigenvalue weighted by molar-refractivity contribution is 5.77. The monoisotopic (exact) mass is 914 g/mol. The third-order valence-corrected chi connectivity index (χ3v) is 13.2. The number of allylic oxidation sites excluding steroid dienone is 6. The molecular weight excluding hydrogens is 803 g/mol. The molecule has 0 aliphatic rings. The highest BCUT2D eigenvalue weighted by Crippen LogP contribution is 2.19. The molecule has 0 heterocycles. The first-order chi connectivity index (χ1) is 32.0. The van der Waals surface area contributed by atoms with E-state index in [1.165, 1.54) is 186 Å². The third-order valence-electron chi connectivity index (χ3n) is 13.2. The first-order valence-electron chi connectivity index (χ1n) is 28.7. The number of carbonyl (C=O) groups is 2. The molecule has 3 unspecified atom stereocenters. The molecule has 0 rings (SSSR count). The van der Waals surface area contributed by atoms with E-state index in [4.69, 9.17) is 4.74 Å². The summed E-state index contributed by atoms with van der Waals surface area (Å²) < 4.78 is 5.95. The number of carbonyl (C=O) groups excluding carboxylic acids is 2. The van der Waals surface area contributed by atoms with Gasteiger partial charge in [0.05, 0.1) is 25.2 Å². The molecule has 0 saturated heterocycles. The number of unbranched alkanes of at least 4 members (excludes halogenated alkanes) is 34. The molecule has 0 aliphatic heterocycles.